The fourth-order valence-electron chi connectivity index (χ4n) is 5.07. The minimum Gasteiger partial charge on any atom is -0.354 e. The molecule has 0 saturated carbocycles. The van der Waals surface area contributed by atoms with Gasteiger partial charge in [-0.3, -0.25) is 9.69 Å². The summed E-state index contributed by atoms with van der Waals surface area (Å²) in [6.45, 7) is 10.0. The van der Waals surface area contributed by atoms with Crippen molar-refractivity contribution < 1.29 is 4.79 Å². The number of piperazine rings is 1. The highest BCUT2D eigenvalue weighted by molar-refractivity contribution is 5.80. The van der Waals surface area contributed by atoms with Gasteiger partial charge in [-0.2, -0.15) is 5.10 Å². The Morgan fingerprint density at radius 2 is 1.68 bits per heavy atom. The highest BCUT2D eigenvalue weighted by atomic mass is 16.2. The fraction of sp³-hybridized carbons (Fsp3) is 0.462. The highest BCUT2D eigenvalue weighted by Gasteiger charge is 2.31. The first kappa shape index (κ1) is 22.5. The average Bonchev–Trinajstić information content (AvgIpc) is 3.22. The molecule has 8 nitrogen and oxygen atoms in total. The summed E-state index contributed by atoms with van der Waals surface area (Å²) in [4.78, 5) is 20.0. The minimum atomic E-state index is 0.0203. The molecular weight excluding hydrogens is 426 g/mol. The topological polar surface area (TPSA) is 70.4 Å². The van der Waals surface area contributed by atoms with E-state index in [1.165, 1.54) is 5.56 Å². The minimum absolute atomic E-state index is 0.0203. The zero-order valence-electron chi connectivity index (χ0n) is 20.1. The second-order valence-corrected chi connectivity index (χ2v) is 9.46. The van der Waals surface area contributed by atoms with E-state index in [9.17, 15) is 4.79 Å². The Kier molecular flexibility index (Phi) is 6.58. The third-order valence-electron chi connectivity index (χ3n) is 6.89. The largest absolute Gasteiger partial charge is 0.354 e. The first-order chi connectivity index (χ1) is 16.6. The van der Waals surface area contributed by atoms with E-state index in [2.05, 4.69) is 60.3 Å². The highest BCUT2D eigenvalue weighted by Crippen LogP contribution is 2.24. The van der Waals surface area contributed by atoms with Crippen LogP contribution in [0.4, 0.5) is 5.82 Å². The van der Waals surface area contributed by atoms with Crippen molar-refractivity contribution in [1.82, 2.24) is 29.8 Å². The zero-order chi connectivity index (χ0) is 23.5. The van der Waals surface area contributed by atoms with Gasteiger partial charge >= 0.3 is 0 Å². The molecule has 3 aromatic rings. The van der Waals surface area contributed by atoms with Gasteiger partial charge in [0.15, 0.2) is 11.6 Å². The van der Waals surface area contributed by atoms with Crippen molar-refractivity contribution in [1.29, 1.82) is 0 Å². The molecule has 0 bridgehead atoms. The number of amides is 1. The number of hydrogen-bond acceptors (Lipinski definition) is 6. The van der Waals surface area contributed by atoms with Gasteiger partial charge in [0.25, 0.3) is 0 Å². The molecule has 4 heterocycles. The Labute approximate surface area is 201 Å². The number of hydrogen-bond donors (Lipinski definition) is 0. The molecule has 1 aromatic carbocycles. The van der Waals surface area contributed by atoms with E-state index >= 15 is 0 Å². The number of benzene rings is 1. The predicted octanol–water partition coefficient (Wildman–Crippen LogP) is 2.84. The Balaban J connectivity index is 1.17. The number of carbonyl (C=O) groups excluding carboxylic acids is 1. The van der Waals surface area contributed by atoms with E-state index in [4.69, 9.17) is 0 Å². The molecule has 0 spiro atoms. The normalized spacial score (nSPS) is 19.4. The van der Waals surface area contributed by atoms with Gasteiger partial charge in [0, 0.05) is 51.5 Å². The lowest BCUT2D eigenvalue weighted by Gasteiger charge is -2.39. The van der Waals surface area contributed by atoms with E-state index in [0.29, 0.717) is 12.4 Å². The van der Waals surface area contributed by atoms with Gasteiger partial charge in [0.2, 0.25) is 5.91 Å². The maximum atomic E-state index is 13.3. The number of nitrogens with zero attached hydrogens (tertiary/aromatic N) is 7. The number of anilines is 1. The summed E-state index contributed by atoms with van der Waals surface area (Å²) in [7, 11) is 0. The van der Waals surface area contributed by atoms with Crippen LogP contribution >= 0.6 is 0 Å². The van der Waals surface area contributed by atoms with Crippen LogP contribution in [0.3, 0.4) is 0 Å². The van der Waals surface area contributed by atoms with E-state index in [0.717, 1.165) is 69.3 Å². The van der Waals surface area contributed by atoms with Gasteiger partial charge in [-0.05, 0) is 50.5 Å². The average molecular weight is 460 g/mol. The molecular formula is C26H33N7O. The Bertz CT molecular complexity index is 1100. The van der Waals surface area contributed by atoms with Gasteiger partial charge < -0.3 is 9.80 Å². The lowest BCUT2D eigenvalue weighted by atomic mass is 9.96. The Morgan fingerprint density at radius 3 is 2.35 bits per heavy atom. The molecule has 178 valence electrons. The van der Waals surface area contributed by atoms with E-state index in [-0.39, 0.29) is 11.8 Å². The summed E-state index contributed by atoms with van der Waals surface area (Å²) in [6.07, 6.45) is 1.93. The van der Waals surface area contributed by atoms with E-state index < -0.39 is 0 Å². The summed E-state index contributed by atoms with van der Waals surface area (Å²) in [5, 5.41) is 13.4. The number of aromatic nitrogens is 4. The van der Waals surface area contributed by atoms with Crippen LogP contribution in [-0.2, 0) is 11.3 Å². The summed E-state index contributed by atoms with van der Waals surface area (Å²) >= 11 is 0. The van der Waals surface area contributed by atoms with Crippen LogP contribution < -0.4 is 4.90 Å². The summed E-state index contributed by atoms with van der Waals surface area (Å²) in [5.41, 5.74) is 3.32. The standard InChI is InChI=1S/C26H33N7O/c1-20-17-21(2)33(29-20)25-11-10-24(27-28-25)32-12-6-9-23(19-32)26(34)31-15-13-30(14-16-31)18-22-7-4-3-5-8-22/h3-5,7-8,10-11,17,23H,6,9,12-16,18-19H2,1-2H3. The molecule has 8 heteroatoms. The van der Waals surface area contributed by atoms with Crippen LogP contribution in [-0.4, -0.2) is 75.0 Å². The monoisotopic (exact) mass is 459 g/mol. The number of piperidine rings is 1. The van der Waals surface area contributed by atoms with Gasteiger partial charge in [-0.1, -0.05) is 30.3 Å². The van der Waals surface area contributed by atoms with Crippen LogP contribution in [0.1, 0.15) is 29.8 Å². The molecule has 2 aliphatic heterocycles. The van der Waals surface area contributed by atoms with E-state index in [1.54, 1.807) is 0 Å². The van der Waals surface area contributed by atoms with Gasteiger partial charge in [-0.15, -0.1) is 10.2 Å². The van der Waals surface area contributed by atoms with Crippen LogP contribution in [0.15, 0.2) is 48.5 Å². The molecule has 1 unspecified atom stereocenters. The predicted molar refractivity (Wildman–Crippen MR) is 132 cm³/mol. The quantitative estimate of drug-likeness (QED) is 0.584. The maximum absolute atomic E-state index is 13.3. The Hall–Kier alpha value is -3.26. The maximum Gasteiger partial charge on any atom is 0.227 e. The van der Waals surface area contributed by atoms with Crippen LogP contribution in [0.5, 0.6) is 0 Å². The van der Waals surface area contributed by atoms with Crippen molar-refractivity contribution in [3.05, 3.63) is 65.5 Å². The lowest BCUT2D eigenvalue weighted by molar-refractivity contribution is -0.137. The van der Waals surface area contributed by atoms with Crippen LogP contribution in [0.25, 0.3) is 5.82 Å². The van der Waals surface area contributed by atoms with Crippen LogP contribution in [0.2, 0.25) is 0 Å². The molecule has 2 aliphatic rings. The molecule has 1 amide bonds. The smallest absolute Gasteiger partial charge is 0.227 e. The summed E-state index contributed by atoms with van der Waals surface area (Å²) < 4.78 is 1.81. The summed E-state index contributed by atoms with van der Waals surface area (Å²) in [5.74, 6) is 1.85. The second kappa shape index (κ2) is 9.93. The third-order valence-corrected chi connectivity index (χ3v) is 6.89. The fourth-order valence-corrected chi connectivity index (χ4v) is 5.07. The van der Waals surface area contributed by atoms with Crippen molar-refractivity contribution in [2.24, 2.45) is 5.92 Å². The van der Waals surface area contributed by atoms with Crippen LogP contribution in [0, 0.1) is 19.8 Å². The zero-order valence-corrected chi connectivity index (χ0v) is 20.1. The first-order valence-corrected chi connectivity index (χ1v) is 12.2. The van der Waals surface area contributed by atoms with Crippen molar-refractivity contribution in [3.8, 4) is 5.82 Å². The van der Waals surface area contributed by atoms with Gasteiger partial charge in [0.05, 0.1) is 11.6 Å². The first-order valence-electron chi connectivity index (χ1n) is 12.2. The molecule has 0 aliphatic carbocycles. The second-order valence-electron chi connectivity index (χ2n) is 9.46. The third kappa shape index (κ3) is 4.97. The number of rotatable bonds is 5. The molecule has 2 aromatic heterocycles. The lowest BCUT2D eigenvalue weighted by Crippen LogP contribution is -2.52. The number of carbonyl (C=O) groups is 1. The van der Waals surface area contributed by atoms with Crippen molar-refractivity contribution in [3.63, 3.8) is 0 Å². The van der Waals surface area contributed by atoms with Gasteiger partial charge in [-0.25, -0.2) is 4.68 Å². The Morgan fingerprint density at radius 1 is 0.941 bits per heavy atom. The van der Waals surface area contributed by atoms with Gasteiger partial charge in [0.1, 0.15) is 0 Å². The summed E-state index contributed by atoms with van der Waals surface area (Å²) in [6, 6.07) is 16.5. The van der Waals surface area contributed by atoms with Crippen molar-refractivity contribution >= 4 is 11.7 Å². The SMILES string of the molecule is Cc1cc(C)n(-c2ccc(N3CCCC(C(=O)N4CCN(Cc5ccccc5)CC4)C3)nn2)n1. The molecule has 0 radical (unpaired) electrons. The molecule has 2 saturated heterocycles. The number of aryl methyl sites for hydroxylation is 2. The van der Waals surface area contributed by atoms with E-state index in [1.807, 2.05) is 36.7 Å². The molecule has 5 rings (SSSR count). The molecule has 1 atom stereocenters. The molecule has 34 heavy (non-hydrogen) atoms. The van der Waals surface area contributed by atoms with Crippen molar-refractivity contribution in [2.75, 3.05) is 44.2 Å². The van der Waals surface area contributed by atoms with Crippen molar-refractivity contribution in [2.45, 2.75) is 33.2 Å². The molecule has 2 fully saturated rings. The molecule has 0 N–H and O–H groups in total.